The van der Waals surface area contributed by atoms with Gasteiger partial charge in [-0.1, -0.05) is 11.6 Å². The summed E-state index contributed by atoms with van der Waals surface area (Å²) >= 11 is 7.62. The van der Waals surface area contributed by atoms with E-state index in [0.717, 1.165) is 26.5 Å². The highest BCUT2D eigenvalue weighted by atomic mass is 35.5. The number of hydrogen-bond acceptors (Lipinski definition) is 4. The molecule has 1 aromatic heterocycles. The molecule has 3 nitrogen and oxygen atoms in total. The molecule has 5 heteroatoms. The maximum absolute atomic E-state index is 6.02. The normalized spacial score (nSPS) is 10.8. The predicted octanol–water partition coefficient (Wildman–Crippen LogP) is 4.21. The first-order valence-corrected chi connectivity index (χ1v) is 6.86. The van der Waals surface area contributed by atoms with E-state index in [9.17, 15) is 0 Å². The zero-order chi connectivity index (χ0) is 13.4. The van der Waals surface area contributed by atoms with Crippen molar-refractivity contribution in [2.75, 3.05) is 12.8 Å². The number of thiazole rings is 1. The first-order valence-electron chi connectivity index (χ1n) is 5.67. The Morgan fingerprint density at radius 3 is 2.79 bits per heavy atom. The molecule has 0 atom stereocenters. The summed E-state index contributed by atoms with van der Waals surface area (Å²) in [6, 6.07) is 11.3. The molecule has 19 heavy (non-hydrogen) atoms. The summed E-state index contributed by atoms with van der Waals surface area (Å²) < 4.78 is 6.29. The quantitative estimate of drug-likeness (QED) is 0.719. The van der Waals surface area contributed by atoms with E-state index in [2.05, 4.69) is 4.98 Å². The van der Waals surface area contributed by atoms with Crippen LogP contribution in [0.1, 0.15) is 0 Å². The zero-order valence-corrected chi connectivity index (χ0v) is 11.8. The minimum Gasteiger partial charge on any atom is -0.497 e. The van der Waals surface area contributed by atoms with Crippen molar-refractivity contribution in [3.8, 4) is 16.3 Å². The summed E-state index contributed by atoms with van der Waals surface area (Å²) in [4.78, 5) is 4.59. The molecule has 0 saturated heterocycles. The van der Waals surface area contributed by atoms with Crippen LogP contribution < -0.4 is 10.5 Å². The third-order valence-electron chi connectivity index (χ3n) is 2.76. The Balaban J connectivity index is 2.14. The van der Waals surface area contributed by atoms with Crippen LogP contribution in [0.4, 0.5) is 5.69 Å². The lowest BCUT2D eigenvalue weighted by atomic mass is 10.2. The van der Waals surface area contributed by atoms with Gasteiger partial charge in [0.25, 0.3) is 0 Å². The van der Waals surface area contributed by atoms with Gasteiger partial charge in [-0.15, -0.1) is 11.3 Å². The molecule has 0 unspecified atom stereocenters. The molecular formula is C14H11ClN2OS. The van der Waals surface area contributed by atoms with E-state index in [1.54, 1.807) is 24.5 Å². The minimum atomic E-state index is 0.617. The third kappa shape index (κ3) is 2.37. The number of nitrogens with zero attached hydrogens (tertiary/aromatic N) is 1. The van der Waals surface area contributed by atoms with Crippen molar-refractivity contribution in [1.82, 2.24) is 4.98 Å². The maximum atomic E-state index is 6.02. The lowest BCUT2D eigenvalue weighted by Crippen LogP contribution is -1.85. The van der Waals surface area contributed by atoms with E-state index in [1.165, 1.54) is 0 Å². The second kappa shape index (κ2) is 4.72. The standard InChI is InChI=1S/C14H11ClN2OS/c1-18-11-2-3-12-13(7-11)19-14(17-12)8-4-9(15)6-10(16)5-8/h2-7H,16H2,1H3. The van der Waals surface area contributed by atoms with Gasteiger partial charge in [0.1, 0.15) is 10.8 Å². The van der Waals surface area contributed by atoms with Gasteiger partial charge in [0.2, 0.25) is 0 Å². The van der Waals surface area contributed by atoms with Crippen molar-refractivity contribution in [2.24, 2.45) is 0 Å². The van der Waals surface area contributed by atoms with Crippen molar-refractivity contribution < 1.29 is 4.74 Å². The molecule has 3 rings (SSSR count). The Morgan fingerprint density at radius 2 is 2.05 bits per heavy atom. The van der Waals surface area contributed by atoms with Crippen LogP contribution in [0.2, 0.25) is 5.02 Å². The zero-order valence-electron chi connectivity index (χ0n) is 10.2. The smallest absolute Gasteiger partial charge is 0.124 e. The van der Waals surface area contributed by atoms with Crippen molar-refractivity contribution in [3.63, 3.8) is 0 Å². The number of benzene rings is 2. The van der Waals surface area contributed by atoms with Gasteiger partial charge in [-0.3, -0.25) is 0 Å². The van der Waals surface area contributed by atoms with Crippen molar-refractivity contribution in [1.29, 1.82) is 0 Å². The molecule has 2 N–H and O–H groups in total. The van der Waals surface area contributed by atoms with Crippen LogP contribution in [0.3, 0.4) is 0 Å². The highest BCUT2D eigenvalue weighted by Crippen LogP contribution is 2.34. The van der Waals surface area contributed by atoms with Crippen molar-refractivity contribution in [3.05, 3.63) is 41.4 Å². The summed E-state index contributed by atoms with van der Waals surface area (Å²) in [5, 5.41) is 1.52. The number of ether oxygens (including phenoxy) is 1. The molecule has 2 aromatic carbocycles. The summed E-state index contributed by atoms with van der Waals surface area (Å²) in [6.45, 7) is 0. The van der Waals surface area contributed by atoms with Crippen LogP contribution in [0.25, 0.3) is 20.8 Å². The average molecular weight is 291 g/mol. The second-order valence-corrected chi connectivity index (χ2v) is 5.59. The van der Waals surface area contributed by atoms with Gasteiger partial charge in [0.05, 0.1) is 17.3 Å². The van der Waals surface area contributed by atoms with E-state index in [-0.39, 0.29) is 0 Å². The van der Waals surface area contributed by atoms with Crippen molar-refractivity contribution >= 4 is 38.8 Å². The van der Waals surface area contributed by atoms with Crippen molar-refractivity contribution in [2.45, 2.75) is 0 Å². The molecule has 0 fully saturated rings. The van der Waals surface area contributed by atoms with E-state index in [0.29, 0.717) is 10.7 Å². The number of halogens is 1. The average Bonchev–Trinajstić information content (AvgIpc) is 2.80. The summed E-state index contributed by atoms with van der Waals surface area (Å²) in [7, 11) is 1.65. The van der Waals surface area contributed by atoms with Crippen LogP contribution in [-0.4, -0.2) is 12.1 Å². The fourth-order valence-corrected chi connectivity index (χ4v) is 3.12. The SMILES string of the molecule is COc1ccc2nc(-c3cc(N)cc(Cl)c3)sc2c1. The minimum absolute atomic E-state index is 0.617. The molecule has 1 heterocycles. The summed E-state index contributed by atoms with van der Waals surface area (Å²) in [5.74, 6) is 0.827. The lowest BCUT2D eigenvalue weighted by molar-refractivity contribution is 0.415. The topological polar surface area (TPSA) is 48.1 Å². The van der Waals surface area contributed by atoms with Gasteiger partial charge in [0.15, 0.2) is 0 Å². The van der Waals surface area contributed by atoms with Gasteiger partial charge in [-0.05, 0) is 36.4 Å². The third-order valence-corrected chi connectivity index (χ3v) is 4.05. The fraction of sp³-hybridized carbons (Fsp3) is 0.0714. The molecule has 0 aliphatic heterocycles. The van der Waals surface area contributed by atoms with E-state index < -0.39 is 0 Å². The molecule has 0 saturated carbocycles. The monoisotopic (exact) mass is 290 g/mol. The number of fused-ring (bicyclic) bond motifs is 1. The van der Waals surface area contributed by atoms with Gasteiger partial charge >= 0.3 is 0 Å². The number of hydrogen-bond donors (Lipinski definition) is 1. The Bertz CT molecular complexity index is 734. The molecule has 3 aromatic rings. The first kappa shape index (κ1) is 12.3. The lowest BCUT2D eigenvalue weighted by Gasteiger charge is -1.99. The van der Waals surface area contributed by atoms with Crippen LogP contribution in [0.5, 0.6) is 5.75 Å². The largest absolute Gasteiger partial charge is 0.497 e. The number of methoxy groups -OCH3 is 1. The van der Waals surface area contributed by atoms with Crippen LogP contribution in [0.15, 0.2) is 36.4 Å². The molecular weight excluding hydrogens is 280 g/mol. The van der Waals surface area contributed by atoms with Crippen LogP contribution in [-0.2, 0) is 0 Å². The Morgan fingerprint density at radius 1 is 1.21 bits per heavy atom. The Hall–Kier alpha value is -1.78. The number of rotatable bonds is 2. The number of anilines is 1. The predicted molar refractivity (Wildman–Crippen MR) is 81.0 cm³/mol. The maximum Gasteiger partial charge on any atom is 0.124 e. The summed E-state index contributed by atoms with van der Waals surface area (Å²) in [6.07, 6.45) is 0. The van der Waals surface area contributed by atoms with Gasteiger partial charge < -0.3 is 10.5 Å². The van der Waals surface area contributed by atoms with Crippen LogP contribution >= 0.6 is 22.9 Å². The summed E-state index contributed by atoms with van der Waals surface area (Å²) in [5.41, 5.74) is 8.33. The highest BCUT2D eigenvalue weighted by molar-refractivity contribution is 7.21. The molecule has 0 amide bonds. The Kier molecular flexibility index (Phi) is 3.05. The molecule has 0 aliphatic rings. The number of nitrogens with two attached hydrogens (primary N) is 1. The van der Waals surface area contributed by atoms with Gasteiger partial charge in [-0.2, -0.15) is 0 Å². The first-order chi connectivity index (χ1) is 9.15. The molecule has 0 bridgehead atoms. The van der Waals surface area contributed by atoms with E-state index in [1.807, 2.05) is 30.3 Å². The van der Waals surface area contributed by atoms with Gasteiger partial charge in [0, 0.05) is 16.3 Å². The molecule has 96 valence electrons. The van der Waals surface area contributed by atoms with Gasteiger partial charge in [-0.25, -0.2) is 4.98 Å². The van der Waals surface area contributed by atoms with E-state index >= 15 is 0 Å². The Labute approximate surface area is 119 Å². The highest BCUT2D eigenvalue weighted by Gasteiger charge is 2.08. The second-order valence-electron chi connectivity index (χ2n) is 4.13. The number of nitrogen functional groups attached to an aromatic ring is 1. The molecule has 0 spiro atoms. The van der Waals surface area contributed by atoms with Crippen LogP contribution in [0, 0.1) is 0 Å². The molecule has 0 radical (unpaired) electrons. The van der Waals surface area contributed by atoms with E-state index in [4.69, 9.17) is 22.1 Å². The molecule has 0 aliphatic carbocycles. The fourth-order valence-electron chi connectivity index (χ4n) is 1.89. The number of aromatic nitrogens is 1.